The highest BCUT2D eigenvalue weighted by atomic mass is 79.9. The molecule has 0 aliphatic rings. The first-order chi connectivity index (χ1) is 5.57. The van der Waals surface area contributed by atoms with Gasteiger partial charge in [-0.3, -0.25) is 4.79 Å². The molecule has 0 amide bonds. The van der Waals surface area contributed by atoms with E-state index in [0.717, 1.165) is 0 Å². The fourth-order valence-corrected chi connectivity index (χ4v) is 1.41. The van der Waals surface area contributed by atoms with Crippen molar-refractivity contribution in [2.75, 3.05) is 0 Å². The minimum absolute atomic E-state index is 0.0434. The maximum atomic E-state index is 10.4. The predicted molar refractivity (Wildman–Crippen MR) is 47.6 cm³/mol. The van der Waals surface area contributed by atoms with Gasteiger partial charge in [-0.25, -0.2) is 0 Å². The van der Waals surface area contributed by atoms with Gasteiger partial charge >= 0.3 is 0 Å². The van der Waals surface area contributed by atoms with Crippen LogP contribution in [-0.2, 0) is 0 Å². The van der Waals surface area contributed by atoms with Gasteiger partial charge in [0.1, 0.15) is 16.0 Å². The maximum absolute atomic E-state index is 10.4. The van der Waals surface area contributed by atoms with Crippen LogP contribution in [0.25, 0.3) is 0 Å². The van der Waals surface area contributed by atoms with E-state index < -0.39 is 0 Å². The SMILES string of the molecule is Cc1cc(C=O)c(O)c(Br)c1O. The molecule has 0 fully saturated rings. The molecule has 0 spiro atoms. The van der Waals surface area contributed by atoms with Crippen LogP contribution in [0.4, 0.5) is 0 Å². The zero-order valence-corrected chi connectivity index (χ0v) is 7.92. The second-order valence-electron chi connectivity index (χ2n) is 2.41. The van der Waals surface area contributed by atoms with Gasteiger partial charge in [-0.15, -0.1) is 0 Å². The molecule has 3 nitrogen and oxygen atoms in total. The minimum Gasteiger partial charge on any atom is -0.506 e. The van der Waals surface area contributed by atoms with Crippen LogP contribution in [0.5, 0.6) is 11.5 Å². The second-order valence-corrected chi connectivity index (χ2v) is 3.20. The molecule has 1 aromatic carbocycles. The third-order valence-corrected chi connectivity index (χ3v) is 2.31. The third kappa shape index (κ3) is 1.30. The number of aryl methyl sites for hydroxylation is 1. The third-order valence-electron chi connectivity index (χ3n) is 1.56. The Morgan fingerprint density at radius 3 is 2.50 bits per heavy atom. The molecule has 64 valence electrons. The van der Waals surface area contributed by atoms with Gasteiger partial charge in [0.2, 0.25) is 0 Å². The normalized spacial score (nSPS) is 9.83. The lowest BCUT2D eigenvalue weighted by Gasteiger charge is -2.05. The van der Waals surface area contributed by atoms with Gasteiger partial charge in [0.25, 0.3) is 0 Å². The van der Waals surface area contributed by atoms with Crippen LogP contribution in [0.3, 0.4) is 0 Å². The molecular formula is C8H7BrO3. The Balaban J connectivity index is 3.49. The van der Waals surface area contributed by atoms with Crippen molar-refractivity contribution in [1.29, 1.82) is 0 Å². The summed E-state index contributed by atoms with van der Waals surface area (Å²) in [5, 5.41) is 18.5. The largest absolute Gasteiger partial charge is 0.506 e. The van der Waals surface area contributed by atoms with E-state index >= 15 is 0 Å². The number of carbonyl (C=O) groups excluding carboxylic acids is 1. The Kier molecular flexibility index (Phi) is 2.38. The summed E-state index contributed by atoms with van der Waals surface area (Å²) in [6, 6.07) is 1.42. The van der Waals surface area contributed by atoms with Crippen LogP contribution >= 0.6 is 15.9 Å². The summed E-state index contributed by atoms with van der Waals surface area (Å²) in [5.41, 5.74) is 0.707. The minimum atomic E-state index is -0.229. The molecule has 0 heterocycles. The molecule has 1 aromatic rings. The molecule has 0 saturated heterocycles. The molecule has 2 N–H and O–H groups in total. The average molecular weight is 231 g/mol. The van der Waals surface area contributed by atoms with Crippen molar-refractivity contribution in [3.05, 3.63) is 21.7 Å². The van der Waals surface area contributed by atoms with Crippen LogP contribution in [0.1, 0.15) is 15.9 Å². The highest BCUT2D eigenvalue weighted by Crippen LogP contribution is 2.37. The zero-order valence-electron chi connectivity index (χ0n) is 6.34. The summed E-state index contributed by atoms with van der Waals surface area (Å²) in [7, 11) is 0. The standard InChI is InChI=1S/C8H7BrO3/c1-4-2-5(3-10)8(12)6(9)7(4)11/h2-3,11-12H,1H3. The summed E-state index contributed by atoms with van der Waals surface area (Å²) in [4.78, 5) is 10.4. The van der Waals surface area contributed by atoms with E-state index in [4.69, 9.17) is 0 Å². The topological polar surface area (TPSA) is 57.5 Å². The van der Waals surface area contributed by atoms with Crippen LogP contribution < -0.4 is 0 Å². The number of phenolic OH excluding ortho intramolecular Hbond substituents is 2. The van der Waals surface area contributed by atoms with Gasteiger partial charge in [-0.1, -0.05) is 0 Å². The van der Waals surface area contributed by atoms with Crippen molar-refractivity contribution in [1.82, 2.24) is 0 Å². The lowest BCUT2D eigenvalue weighted by Crippen LogP contribution is -1.86. The fraction of sp³-hybridized carbons (Fsp3) is 0.125. The summed E-state index contributed by atoms with van der Waals surface area (Å²) in [6.45, 7) is 1.65. The number of phenols is 2. The first kappa shape index (κ1) is 9.06. The van der Waals surface area contributed by atoms with E-state index in [9.17, 15) is 15.0 Å². The molecule has 1 rings (SSSR count). The van der Waals surface area contributed by atoms with Crippen molar-refractivity contribution in [2.24, 2.45) is 0 Å². The van der Waals surface area contributed by atoms with E-state index in [1.807, 2.05) is 0 Å². The summed E-state index contributed by atoms with van der Waals surface area (Å²) in [6.07, 6.45) is 0.534. The number of aldehydes is 1. The molecule has 0 aromatic heterocycles. The average Bonchev–Trinajstić information content (AvgIpc) is 2.08. The van der Waals surface area contributed by atoms with Crippen LogP contribution in [0.2, 0.25) is 0 Å². The molecule has 0 aliphatic heterocycles. The van der Waals surface area contributed by atoms with Crippen LogP contribution in [0, 0.1) is 6.92 Å². The van der Waals surface area contributed by atoms with Crippen molar-refractivity contribution in [3.8, 4) is 11.5 Å². The fourth-order valence-electron chi connectivity index (χ4n) is 0.872. The molecule has 0 bridgehead atoms. The monoisotopic (exact) mass is 230 g/mol. The van der Waals surface area contributed by atoms with Gasteiger partial charge in [-0.05, 0) is 34.5 Å². The highest BCUT2D eigenvalue weighted by molar-refractivity contribution is 9.10. The predicted octanol–water partition coefficient (Wildman–Crippen LogP) is 1.98. The number of carbonyl (C=O) groups is 1. The van der Waals surface area contributed by atoms with E-state index in [1.54, 1.807) is 6.92 Å². The molecule has 4 heteroatoms. The van der Waals surface area contributed by atoms with Gasteiger partial charge in [0.15, 0.2) is 6.29 Å². The number of hydrogen-bond acceptors (Lipinski definition) is 3. The first-order valence-corrected chi connectivity index (χ1v) is 4.03. The second kappa shape index (κ2) is 3.15. The van der Waals surface area contributed by atoms with E-state index in [0.29, 0.717) is 11.8 Å². The lowest BCUT2D eigenvalue weighted by molar-refractivity contribution is 0.112. The van der Waals surface area contributed by atoms with Gasteiger partial charge in [0, 0.05) is 0 Å². The van der Waals surface area contributed by atoms with Crippen LogP contribution in [-0.4, -0.2) is 16.5 Å². The van der Waals surface area contributed by atoms with Crippen molar-refractivity contribution >= 4 is 22.2 Å². The first-order valence-electron chi connectivity index (χ1n) is 3.24. The Morgan fingerprint density at radius 1 is 1.42 bits per heavy atom. The number of halogens is 1. The van der Waals surface area contributed by atoms with E-state index in [-0.39, 0.29) is 21.5 Å². The Bertz CT molecular complexity index is 334. The molecule has 0 radical (unpaired) electrons. The number of aromatic hydroxyl groups is 2. The lowest BCUT2D eigenvalue weighted by atomic mass is 10.1. The highest BCUT2D eigenvalue weighted by Gasteiger charge is 2.11. The summed E-state index contributed by atoms with van der Waals surface area (Å²) >= 11 is 2.96. The number of rotatable bonds is 1. The molecular weight excluding hydrogens is 224 g/mol. The molecule has 0 unspecified atom stereocenters. The molecule has 0 aliphatic carbocycles. The Hall–Kier alpha value is -1.03. The zero-order chi connectivity index (χ0) is 9.30. The van der Waals surface area contributed by atoms with Gasteiger partial charge < -0.3 is 10.2 Å². The molecule has 12 heavy (non-hydrogen) atoms. The Morgan fingerprint density at radius 2 is 2.00 bits per heavy atom. The quantitative estimate of drug-likeness (QED) is 0.726. The molecule has 0 saturated carbocycles. The summed E-state index contributed by atoms with van der Waals surface area (Å²) < 4.78 is 0.157. The Labute approximate surface area is 77.8 Å². The van der Waals surface area contributed by atoms with Crippen molar-refractivity contribution in [3.63, 3.8) is 0 Å². The number of hydrogen-bond donors (Lipinski definition) is 2. The maximum Gasteiger partial charge on any atom is 0.153 e. The van der Waals surface area contributed by atoms with E-state index in [1.165, 1.54) is 6.07 Å². The van der Waals surface area contributed by atoms with Crippen molar-refractivity contribution in [2.45, 2.75) is 6.92 Å². The number of benzene rings is 1. The van der Waals surface area contributed by atoms with Gasteiger partial charge in [-0.2, -0.15) is 0 Å². The van der Waals surface area contributed by atoms with Gasteiger partial charge in [0.05, 0.1) is 5.56 Å². The molecule has 0 atom stereocenters. The van der Waals surface area contributed by atoms with Crippen molar-refractivity contribution < 1.29 is 15.0 Å². The summed E-state index contributed by atoms with van der Waals surface area (Å²) in [5.74, 6) is -0.272. The van der Waals surface area contributed by atoms with E-state index in [2.05, 4.69) is 15.9 Å². The van der Waals surface area contributed by atoms with Crippen LogP contribution in [0.15, 0.2) is 10.5 Å². The smallest absolute Gasteiger partial charge is 0.153 e.